The highest BCUT2D eigenvalue weighted by atomic mass is 32.2. The summed E-state index contributed by atoms with van der Waals surface area (Å²) < 4.78 is 61.3. The van der Waals surface area contributed by atoms with Crippen molar-refractivity contribution in [3.63, 3.8) is 0 Å². The van der Waals surface area contributed by atoms with Crippen LogP contribution in [0.15, 0.2) is 53.4 Å². The van der Waals surface area contributed by atoms with E-state index in [2.05, 4.69) is 16.5 Å². The third-order valence-electron chi connectivity index (χ3n) is 9.26. The Bertz CT molecular complexity index is 1390. The van der Waals surface area contributed by atoms with Gasteiger partial charge in [0.15, 0.2) is 0 Å². The topological polar surface area (TPSA) is 93.3 Å². The minimum atomic E-state index is -3.79. The molecular formula is C34H55N5O4S2. The van der Waals surface area contributed by atoms with Crippen LogP contribution in [0.1, 0.15) is 69.9 Å². The quantitative estimate of drug-likeness (QED) is 0.387. The molecule has 4 rings (SSSR count). The Hall–Kier alpha value is -2.02. The van der Waals surface area contributed by atoms with Gasteiger partial charge in [0.25, 0.3) is 10.2 Å². The van der Waals surface area contributed by atoms with Crippen molar-refractivity contribution in [1.29, 1.82) is 0 Å². The first-order valence-electron chi connectivity index (χ1n) is 16.8. The van der Waals surface area contributed by atoms with Gasteiger partial charge in [0.2, 0.25) is 10.0 Å². The lowest BCUT2D eigenvalue weighted by molar-refractivity contribution is 0.181. The molecule has 2 fully saturated rings. The van der Waals surface area contributed by atoms with E-state index in [4.69, 9.17) is 0 Å². The highest BCUT2D eigenvalue weighted by molar-refractivity contribution is 7.89. The maximum absolute atomic E-state index is 14.0. The molecule has 45 heavy (non-hydrogen) atoms. The molecule has 2 aliphatic rings. The van der Waals surface area contributed by atoms with E-state index in [1.54, 1.807) is 16.4 Å². The number of rotatable bonds is 10. The van der Waals surface area contributed by atoms with E-state index in [1.807, 2.05) is 62.3 Å². The molecule has 1 aliphatic heterocycles. The molecule has 11 heteroatoms. The van der Waals surface area contributed by atoms with Crippen LogP contribution in [0, 0.1) is 11.8 Å². The minimum Gasteiger partial charge on any atom is -0.378 e. The van der Waals surface area contributed by atoms with Crippen LogP contribution in [0.25, 0.3) is 0 Å². The van der Waals surface area contributed by atoms with E-state index in [9.17, 15) is 16.8 Å². The molecular weight excluding hydrogens is 607 g/mol. The van der Waals surface area contributed by atoms with E-state index in [0.717, 1.165) is 50.1 Å². The van der Waals surface area contributed by atoms with Gasteiger partial charge in [0.05, 0.1) is 4.90 Å². The molecule has 1 atom stereocenters. The first-order valence-corrected chi connectivity index (χ1v) is 19.7. The first-order chi connectivity index (χ1) is 21.5. The molecule has 1 N–H and O–H groups in total. The van der Waals surface area contributed by atoms with E-state index in [0.29, 0.717) is 19.0 Å². The summed E-state index contributed by atoms with van der Waals surface area (Å²) in [6.07, 6.45) is 8.74. The van der Waals surface area contributed by atoms with Crippen molar-refractivity contribution in [2.75, 3.05) is 64.8 Å². The van der Waals surface area contributed by atoms with Gasteiger partial charge in [-0.2, -0.15) is 21.8 Å². The van der Waals surface area contributed by atoms with Gasteiger partial charge in [-0.05, 0) is 92.4 Å². The summed E-state index contributed by atoms with van der Waals surface area (Å²) in [5.74, 6) is 0.460. The number of hydrogen-bond donors (Lipinski definition) is 1. The van der Waals surface area contributed by atoms with E-state index < -0.39 is 20.2 Å². The number of anilines is 1. The second kappa shape index (κ2) is 16.7. The highest BCUT2D eigenvalue weighted by Crippen LogP contribution is 2.26. The van der Waals surface area contributed by atoms with Gasteiger partial charge in [-0.1, -0.05) is 57.4 Å². The number of aryl methyl sites for hydroxylation is 1. The van der Waals surface area contributed by atoms with Gasteiger partial charge in [-0.15, -0.1) is 0 Å². The van der Waals surface area contributed by atoms with E-state index >= 15 is 0 Å². The summed E-state index contributed by atoms with van der Waals surface area (Å²) in [6, 6.07) is 15.0. The molecule has 2 aromatic rings. The van der Waals surface area contributed by atoms with Gasteiger partial charge < -0.3 is 9.80 Å². The Morgan fingerprint density at radius 3 is 1.93 bits per heavy atom. The first kappa shape index (κ1) is 35.8. The third kappa shape index (κ3) is 10.5. The second-order valence-electron chi connectivity index (χ2n) is 13.2. The van der Waals surface area contributed by atoms with Crippen molar-refractivity contribution in [2.24, 2.45) is 11.8 Å². The number of benzene rings is 2. The number of nitrogens with zero attached hydrogens (tertiary/aromatic N) is 4. The Labute approximate surface area is 273 Å². The summed E-state index contributed by atoms with van der Waals surface area (Å²) in [4.78, 5) is 4.66. The zero-order valence-electron chi connectivity index (χ0n) is 27.8. The summed E-state index contributed by atoms with van der Waals surface area (Å²) in [7, 11) is -3.70. The fourth-order valence-electron chi connectivity index (χ4n) is 6.57. The normalized spacial score (nSPS) is 21.2. The molecule has 0 unspecified atom stereocenters. The van der Waals surface area contributed by atoms with Gasteiger partial charge in [0, 0.05) is 59.1 Å². The smallest absolute Gasteiger partial charge is 0.279 e. The summed E-state index contributed by atoms with van der Waals surface area (Å²) >= 11 is 0. The summed E-state index contributed by atoms with van der Waals surface area (Å²) in [5.41, 5.74) is 3.06. The van der Waals surface area contributed by atoms with Crippen molar-refractivity contribution in [3.05, 3.63) is 59.7 Å². The fourth-order valence-corrected chi connectivity index (χ4v) is 9.52. The van der Waals surface area contributed by atoms with Crippen molar-refractivity contribution >= 4 is 25.9 Å². The van der Waals surface area contributed by atoms with Crippen LogP contribution in [0.2, 0.25) is 0 Å². The average Bonchev–Trinajstić information content (AvgIpc) is 3.02. The molecule has 0 bridgehead atoms. The molecule has 1 heterocycles. The predicted molar refractivity (Wildman–Crippen MR) is 184 cm³/mol. The zero-order chi connectivity index (χ0) is 32.5. The van der Waals surface area contributed by atoms with Gasteiger partial charge in [-0.25, -0.2) is 8.42 Å². The number of sulfonamides is 1. The van der Waals surface area contributed by atoms with Crippen molar-refractivity contribution in [1.82, 2.24) is 18.2 Å². The lowest BCUT2D eigenvalue weighted by Gasteiger charge is -2.33. The molecule has 0 radical (unpaired) electrons. The van der Waals surface area contributed by atoms with Gasteiger partial charge >= 0.3 is 0 Å². The molecule has 1 saturated carbocycles. The van der Waals surface area contributed by atoms with Crippen molar-refractivity contribution < 1.29 is 16.8 Å². The van der Waals surface area contributed by atoms with Crippen LogP contribution in [-0.4, -0.2) is 90.3 Å². The molecule has 0 spiro atoms. The van der Waals surface area contributed by atoms with Crippen LogP contribution < -0.4 is 9.62 Å². The highest BCUT2D eigenvalue weighted by Gasteiger charge is 2.30. The molecule has 252 valence electrons. The Kier molecular flexibility index (Phi) is 13.3. The maximum atomic E-state index is 14.0. The van der Waals surface area contributed by atoms with E-state index in [-0.39, 0.29) is 30.4 Å². The fraction of sp³-hybridized carbons (Fsp3) is 0.647. The van der Waals surface area contributed by atoms with Crippen molar-refractivity contribution in [2.45, 2.75) is 76.7 Å². The molecule has 2 aromatic carbocycles. The van der Waals surface area contributed by atoms with Gasteiger partial charge in [0.1, 0.15) is 0 Å². The minimum absolute atomic E-state index is 0.195. The molecule has 9 nitrogen and oxygen atoms in total. The molecule has 0 amide bonds. The summed E-state index contributed by atoms with van der Waals surface area (Å²) in [6.45, 7) is 8.16. The number of hydrogen-bond acceptors (Lipinski definition) is 6. The van der Waals surface area contributed by atoms with Crippen LogP contribution in [-0.2, 0) is 33.2 Å². The Morgan fingerprint density at radius 1 is 0.756 bits per heavy atom. The second-order valence-corrected chi connectivity index (χ2v) is 16.9. The maximum Gasteiger partial charge on any atom is 0.279 e. The lowest BCUT2D eigenvalue weighted by Crippen LogP contribution is -2.47. The van der Waals surface area contributed by atoms with Crippen molar-refractivity contribution in [3.8, 4) is 0 Å². The van der Waals surface area contributed by atoms with Crippen LogP contribution in [0.5, 0.6) is 0 Å². The Morgan fingerprint density at radius 2 is 1.33 bits per heavy atom. The lowest BCUT2D eigenvalue weighted by atomic mass is 9.89. The average molecular weight is 662 g/mol. The SMILES string of the molecule is CCc1ccc(CNS(=O)(=O)N2CCCN(CC3CCCCC3)CCCN(S(=O)(=O)c3ccc(N(C)C)cc3)C[C@H](C)C2)cc1. The zero-order valence-corrected chi connectivity index (χ0v) is 29.5. The number of nitrogens with one attached hydrogen (secondary N) is 1. The van der Waals surface area contributed by atoms with E-state index in [1.165, 1.54) is 42.0 Å². The standard InChI is InChI=1S/C34H55N5O4S2/c1-5-30-13-15-31(16-14-30)25-35-45(42,43)39-24-10-22-37(28-32-11-7-6-8-12-32)21-9-23-38(26-29(2)27-39)44(40,41)34-19-17-33(18-20-34)36(3)4/h13-20,29,32,35H,5-12,21-28H2,1-4H3/t29-/m0/s1. The predicted octanol–water partition coefficient (Wildman–Crippen LogP) is 4.95. The molecule has 0 aromatic heterocycles. The monoisotopic (exact) mass is 661 g/mol. The molecule has 1 saturated heterocycles. The third-order valence-corrected chi connectivity index (χ3v) is 12.7. The largest absolute Gasteiger partial charge is 0.378 e. The van der Waals surface area contributed by atoms with Crippen LogP contribution in [0.4, 0.5) is 5.69 Å². The van der Waals surface area contributed by atoms with Crippen LogP contribution >= 0.6 is 0 Å². The van der Waals surface area contributed by atoms with Gasteiger partial charge in [-0.3, -0.25) is 0 Å². The Balaban J connectivity index is 1.54. The van der Waals surface area contributed by atoms with Crippen LogP contribution in [0.3, 0.4) is 0 Å². The molecule has 1 aliphatic carbocycles. The summed E-state index contributed by atoms with van der Waals surface area (Å²) in [5, 5.41) is 0.